The molecule has 0 aliphatic carbocycles. The van der Waals surface area contributed by atoms with E-state index in [4.69, 9.17) is 0 Å². The Morgan fingerprint density at radius 2 is 1.80 bits per heavy atom. The van der Waals surface area contributed by atoms with Gasteiger partial charge in [0.25, 0.3) is 0 Å². The van der Waals surface area contributed by atoms with Crippen LogP contribution in [-0.4, -0.2) is 10.8 Å². The number of pyridine rings is 1. The van der Waals surface area contributed by atoms with Gasteiger partial charge in [-0.15, -0.1) is 0 Å². The van der Waals surface area contributed by atoms with Gasteiger partial charge in [-0.25, -0.2) is 0 Å². The van der Waals surface area contributed by atoms with Crippen LogP contribution < -0.4 is 0 Å². The zero-order valence-electron chi connectivity index (χ0n) is 11.0. The molecule has 2 rings (SSSR count). The summed E-state index contributed by atoms with van der Waals surface area (Å²) in [6.07, 6.45) is -3.10. The van der Waals surface area contributed by atoms with Crippen molar-refractivity contribution in [2.45, 2.75) is 20.0 Å². The third kappa shape index (κ3) is 2.71. The number of alkyl halides is 3. The van der Waals surface area contributed by atoms with Crippen LogP contribution in [0.4, 0.5) is 13.2 Å². The number of rotatable bonds is 2. The Morgan fingerprint density at radius 1 is 1.15 bits per heavy atom. The quantitative estimate of drug-likeness (QED) is 0.779. The highest BCUT2D eigenvalue weighted by Crippen LogP contribution is 2.32. The van der Waals surface area contributed by atoms with E-state index >= 15 is 0 Å². The van der Waals surface area contributed by atoms with Crippen LogP contribution in [0.15, 0.2) is 36.5 Å². The Balaban J connectivity index is 2.55. The number of nitrogens with zero attached hydrogens (tertiary/aromatic N) is 1. The Kier molecular flexibility index (Phi) is 3.61. The summed E-state index contributed by atoms with van der Waals surface area (Å²) in [4.78, 5) is 16.2. The molecule has 1 aromatic heterocycles. The number of ketones is 1. The van der Waals surface area contributed by atoms with E-state index in [9.17, 15) is 18.0 Å². The SMILES string of the molecule is Cc1cnc(C(=O)c2ccccc2C(F)(F)F)c(C)c1. The van der Waals surface area contributed by atoms with Crippen molar-refractivity contribution in [1.29, 1.82) is 0 Å². The van der Waals surface area contributed by atoms with E-state index in [-0.39, 0.29) is 11.3 Å². The van der Waals surface area contributed by atoms with Crippen molar-refractivity contribution in [3.63, 3.8) is 0 Å². The first-order valence-electron chi connectivity index (χ1n) is 5.95. The number of carbonyl (C=O) groups excluding carboxylic acids is 1. The van der Waals surface area contributed by atoms with E-state index in [1.54, 1.807) is 19.9 Å². The van der Waals surface area contributed by atoms with Gasteiger partial charge >= 0.3 is 6.18 Å². The van der Waals surface area contributed by atoms with Gasteiger partial charge in [-0.2, -0.15) is 13.2 Å². The Labute approximate surface area is 114 Å². The summed E-state index contributed by atoms with van der Waals surface area (Å²) < 4.78 is 38.7. The van der Waals surface area contributed by atoms with E-state index in [0.29, 0.717) is 5.56 Å². The normalized spacial score (nSPS) is 11.4. The molecule has 0 fully saturated rings. The molecule has 0 saturated carbocycles. The topological polar surface area (TPSA) is 30.0 Å². The fourth-order valence-corrected chi connectivity index (χ4v) is 2.01. The molecule has 5 heteroatoms. The van der Waals surface area contributed by atoms with Gasteiger partial charge in [0.15, 0.2) is 0 Å². The number of hydrogen-bond donors (Lipinski definition) is 0. The van der Waals surface area contributed by atoms with Crippen molar-refractivity contribution in [3.8, 4) is 0 Å². The van der Waals surface area contributed by atoms with Crippen LogP contribution in [0.5, 0.6) is 0 Å². The monoisotopic (exact) mass is 279 g/mol. The Morgan fingerprint density at radius 3 is 2.40 bits per heavy atom. The second-order valence-corrected chi connectivity index (χ2v) is 4.55. The molecule has 1 aromatic carbocycles. The number of halogens is 3. The molecule has 0 saturated heterocycles. The average molecular weight is 279 g/mol. The fraction of sp³-hybridized carbons (Fsp3) is 0.200. The van der Waals surface area contributed by atoms with Crippen molar-refractivity contribution in [2.24, 2.45) is 0 Å². The van der Waals surface area contributed by atoms with E-state index in [1.165, 1.54) is 24.4 Å². The molecule has 104 valence electrons. The molecule has 20 heavy (non-hydrogen) atoms. The van der Waals surface area contributed by atoms with E-state index < -0.39 is 17.5 Å². The van der Waals surface area contributed by atoms with Crippen molar-refractivity contribution in [2.75, 3.05) is 0 Å². The largest absolute Gasteiger partial charge is 0.417 e. The molecule has 0 amide bonds. The molecule has 0 unspecified atom stereocenters. The second-order valence-electron chi connectivity index (χ2n) is 4.55. The summed E-state index contributed by atoms with van der Waals surface area (Å²) in [6.45, 7) is 3.46. The third-order valence-electron chi connectivity index (χ3n) is 2.91. The highest BCUT2D eigenvalue weighted by atomic mass is 19.4. The van der Waals surface area contributed by atoms with E-state index in [1.807, 2.05) is 0 Å². The number of carbonyl (C=O) groups is 1. The first kappa shape index (κ1) is 14.2. The highest BCUT2D eigenvalue weighted by Gasteiger charge is 2.35. The smallest absolute Gasteiger partial charge is 0.287 e. The average Bonchev–Trinajstić information content (AvgIpc) is 2.37. The maximum Gasteiger partial charge on any atom is 0.417 e. The molecule has 1 heterocycles. The van der Waals surface area contributed by atoms with Gasteiger partial charge < -0.3 is 0 Å². The lowest BCUT2D eigenvalue weighted by atomic mass is 9.98. The minimum Gasteiger partial charge on any atom is -0.287 e. The summed E-state index contributed by atoms with van der Waals surface area (Å²) in [7, 11) is 0. The molecule has 0 aliphatic heterocycles. The zero-order valence-corrected chi connectivity index (χ0v) is 11.0. The maximum atomic E-state index is 12.9. The number of aryl methyl sites for hydroxylation is 2. The first-order chi connectivity index (χ1) is 9.30. The van der Waals surface area contributed by atoms with Crippen LogP contribution in [0.25, 0.3) is 0 Å². The van der Waals surface area contributed by atoms with Gasteiger partial charge in [0, 0.05) is 11.8 Å². The standard InChI is InChI=1S/C15H12F3NO/c1-9-7-10(2)13(19-8-9)14(20)11-5-3-4-6-12(11)15(16,17)18/h3-8H,1-2H3. The fourth-order valence-electron chi connectivity index (χ4n) is 2.01. The van der Waals surface area contributed by atoms with Crippen molar-refractivity contribution >= 4 is 5.78 Å². The molecular weight excluding hydrogens is 267 g/mol. The molecule has 0 atom stereocenters. The van der Waals surface area contributed by atoms with E-state index in [2.05, 4.69) is 4.98 Å². The molecule has 0 radical (unpaired) electrons. The lowest BCUT2D eigenvalue weighted by Crippen LogP contribution is -2.15. The van der Waals surface area contributed by atoms with Crippen LogP contribution >= 0.6 is 0 Å². The van der Waals surface area contributed by atoms with Gasteiger partial charge in [0.2, 0.25) is 5.78 Å². The highest BCUT2D eigenvalue weighted by molar-refractivity contribution is 6.09. The van der Waals surface area contributed by atoms with Crippen molar-refractivity contribution < 1.29 is 18.0 Å². The minimum absolute atomic E-state index is 0.0484. The van der Waals surface area contributed by atoms with Crippen LogP contribution in [-0.2, 0) is 6.18 Å². The van der Waals surface area contributed by atoms with Gasteiger partial charge in [0.1, 0.15) is 5.69 Å². The Bertz CT molecular complexity index is 662. The van der Waals surface area contributed by atoms with Gasteiger partial charge in [-0.1, -0.05) is 24.3 Å². The molecular formula is C15H12F3NO. The van der Waals surface area contributed by atoms with Crippen LogP contribution in [0.1, 0.15) is 32.7 Å². The predicted octanol–water partition coefficient (Wildman–Crippen LogP) is 3.95. The molecule has 0 N–H and O–H groups in total. The lowest BCUT2D eigenvalue weighted by Gasteiger charge is -2.12. The van der Waals surface area contributed by atoms with Gasteiger partial charge in [-0.3, -0.25) is 9.78 Å². The summed E-state index contributed by atoms with van der Waals surface area (Å²) in [5.41, 5.74) is 0.147. The Hall–Kier alpha value is -2.17. The molecule has 0 spiro atoms. The van der Waals surface area contributed by atoms with Gasteiger partial charge in [-0.05, 0) is 31.0 Å². The summed E-state index contributed by atoms with van der Waals surface area (Å²) in [5, 5.41) is 0. The molecule has 2 aromatic rings. The lowest BCUT2D eigenvalue weighted by molar-refractivity contribution is -0.137. The van der Waals surface area contributed by atoms with Crippen molar-refractivity contribution in [1.82, 2.24) is 4.98 Å². The summed E-state index contributed by atoms with van der Waals surface area (Å²) in [6, 6.07) is 6.46. The van der Waals surface area contributed by atoms with E-state index in [0.717, 1.165) is 11.6 Å². The second kappa shape index (κ2) is 5.07. The number of benzene rings is 1. The van der Waals surface area contributed by atoms with Crippen LogP contribution in [0.2, 0.25) is 0 Å². The molecule has 0 bridgehead atoms. The predicted molar refractivity (Wildman–Crippen MR) is 68.6 cm³/mol. The molecule has 0 aliphatic rings. The minimum atomic E-state index is -4.56. The zero-order chi connectivity index (χ0) is 14.9. The van der Waals surface area contributed by atoms with Crippen LogP contribution in [0.3, 0.4) is 0 Å². The molecule has 2 nitrogen and oxygen atoms in total. The van der Waals surface area contributed by atoms with Gasteiger partial charge in [0.05, 0.1) is 5.56 Å². The first-order valence-corrected chi connectivity index (χ1v) is 5.95. The third-order valence-corrected chi connectivity index (χ3v) is 2.91. The number of aromatic nitrogens is 1. The summed E-state index contributed by atoms with van der Waals surface area (Å²) in [5.74, 6) is -0.713. The van der Waals surface area contributed by atoms with Crippen molar-refractivity contribution in [3.05, 3.63) is 64.5 Å². The van der Waals surface area contributed by atoms with Crippen LogP contribution in [0, 0.1) is 13.8 Å². The number of hydrogen-bond acceptors (Lipinski definition) is 2. The maximum absolute atomic E-state index is 12.9. The summed E-state index contributed by atoms with van der Waals surface area (Å²) >= 11 is 0.